The van der Waals surface area contributed by atoms with E-state index >= 15 is 0 Å². The van der Waals surface area contributed by atoms with Gasteiger partial charge in [-0.25, -0.2) is 4.98 Å². The lowest BCUT2D eigenvalue weighted by molar-refractivity contribution is -0.708. The molecule has 1 atom stereocenters. The molecule has 1 aromatic carbocycles. The van der Waals surface area contributed by atoms with E-state index in [1.165, 1.54) is 16.8 Å². The molecule has 0 radical (unpaired) electrons. The van der Waals surface area contributed by atoms with Gasteiger partial charge in [-0.15, -0.1) is 0 Å². The van der Waals surface area contributed by atoms with E-state index in [0.29, 0.717) is 6.04 Å². The first-order valence-corrected chi connectivity index (χ1v) is 7.97. The van der Waals surface area contributed by atoms with Crippen LogP contribution in [0, 0.1) is 13.8 Å². The van der Waals surface area contributed by atoms with Crippen LogP contribution >= 0.6 is 0 Å². The van der Waals surface area contributed by atoms with Crippen molar-refractivity contribution in [3.8, 4) is 5.69 Å². The average molecular weight is 310 g/mol. The maximum atomic E-state index is 4.49. The lowest BCUT2D eigenvalue weighted by Gasteiger charge is -2.12. The molecule has 0 aliphatic rings. The van der Waals surface area contributed by atoms with Gasteiger partial charge in [0, 0.05) is 41.9 Å². The van der Waals surface area contributed by atoms with Crippen LogP contribution in [0.1, 0.15) is 35.5 Å². The predicted molar refractivity (Wildman–Crippen MR) is 90.3 cm³/mol. The highest BCUT2D eigenvalue weighted by atomic mass is 15.3. The number of nitrogens with two attached hydrogens (primary N) is 1. The second-order valence-corrected chi connectivity index (χ2v) is 6.06. The quantitative estimate of drug-likeness (QED) is 0.784. The van der Waals surface area contributed by atoms with Crippen molar-refractivity contribution >= 4 is 0 Å². The van der Waals surface area contributed by atoms with Crippen LogP contribution in [-0.2, 0) is 13.6 Å². The molecule has 120 valence electrons. The van der Waals surface area contributed by atoms with Crippen molar-refractivity contribution in [2.75, 3.05) is 0 Å². The summed E-state index contributed by atoms with van der Waals surface area (Å²) in [5.41, 5.74) is 6.19. The Hall–Kier alpha value is -2.40. The fourth-order valence-electron chi connectivity index (χ4n) is 2.91. The first kappa shape index (κ1) is 15.5. The second-order valence-electron chi connectivity index (χ2n) is 6.06. The van der Waals surface area contributed by atoms with Crippen molar-refractivity contribution in [2.45, 2.75) is 33.4 Å². The summed E-state index contributed by atoms with van der Waals surface area (Å²) in [6.45, 7) is 7.41. The van der Waals surface area contributed by atoms with Crippen LogP contribution in [0.5, 0.6) is 0 Å². The number of aryl methyl sites for hydroxylation is 2. The number of rotatable bonds is 5. The molecule has 0 aliphatic heterocycles. The van der Waals surface area contributed by atoms with Gasteiger partial charge in [-0.3, -0.25) is 4.68 Å². The van der Waals surface area contributed by atoms with Crippen LogP contribution in [0.3, 0.4) is 0 Å². The van der Waals surface area contributed by atoms with Gasteiger partial charge in [-0.2, -0.15) is 5.10 Å². The van der Waals surface area contributed by atoms with Gasteiger partial charge in [0.25, 0.3) is 0 Å². The monoisotopic (exact) mass is 310 g/mol. The van der Waals surface area contributed by atoms with Crippen molar-refractivity contribution in [3.05, 3.63) is 65.5 Å². The molecule has 3 rings (SSSR count). The van der Waals surface area contributed by atoms with Crippen molar-refractivity contribution in [2.24, 2.45) is 7.05 Å². The Morgan fingerprint density at radius 1 is 1.17 bits per heavy atom. The molecule has 0 spiro atoms. The maximum absolute atomic E-state index is 4.49. The first-order valence-electron chi connectivity index (χ1n) is 7.97. The van der Waals surface area contributed by atoms with Crippen LogP contribution in [0.4, 0.5) is 0 Å². The summed E-state index contributed by atoms with van der Waals surface area (Å²) >= 11 is 0. The SMILES string of the molecule is Cc1nn(C)c(C)c1C[NH2+][C@H](C)c1ccc(-n2ccnc2)cc1. The van der Waals surface area contributed by atoms with Crippen molar-refractivity contribution in [1.29, 1.82) is 0 Å². The van der Waals surface area contributed by atoms with Gasteiger partial charge in [-0.1, -0.05) is 12.1 Å². The van der Waals surface area contributed by atoms with E-state index in [-0.39, 0.29) is 0 Å². The fraction of sp³-hybridized carbons (Fsp3) is 0.333. The molecule has 5 nitrogen and oxygen atoms in total. The Morgan fingerprint density at radius 3 is 2.48 bits per heavy atom. The summed E-state index contributed by atoms with van der Waals surface area (Å²) in [6.07, 6.45) is 5.57. The zero-order valence-corrected chi connectivity index (χ0v) is 14.2. The molecule has 0 saturated heterocycles. The van der Waals surface area contributed by atoms with Gasteiger partial charge in [0.2, 0.25) is 0 Å². The Labute approximate surface area is 137 Å². The van der Waals surface area contributed by atoms with Crippen LogP contribution < -0.4 is 5.32 Å². The Kier molecular flexibility index (Phi) is 4.30. The molecular weight excluding hydrogens is 286 g/mol. The van der Waals surface area contributed by atoms with Crippen LogP contribution in [0.2, 0.25) is 0 Å². The van der Waals surface area contributed by atoms with Crippen LogP contribution in [-0.4, -0.2) is 19.3 Å². The number of nitrogens with zero attached hydrogens (tertiary/aromatic N) is 4. The molecule has 0 aliphatic carbocycles. The fourth-order valence-corrected chi connectivity index (χ4v) is 2.91. The molecule has 0 bridgehead atoms. The number of aromatic nitrogens is 4. The van der Waals surface area contributed by atoms with E-state index in [0.717, 1.165) is 17.9 Å². The minimum atomic E-state index is 0.408. The zero-order valence-electron chi connectivity index (χ0n) is 14.2. The molecular formula is C18H24N5+. The van der Waals surface area contributed by atoms with Crippen molar-refractivity contribution in [3.63, 3.8) is 0 Å². The highest BCUT2D eigenvalue weighted by Crippen LogP contribution is 2.14. The molecule has 0 saturated carbocycles. The number of hydrogen-bond acceptors (Lipinski definition) is 2. The van der Waals surface area contributed by atoms with Crippen LogP contribution in [0.15, 0.2) is 43.0 Å². The number of hydrogen-bond donors (Lipinski definition) is 1. The molecule has 2 aromatic heterocycles. The summed E-state index contributed by atoms with van der Waals surface area (Å²) in [6, 6.07) is 9.08. The Balaban J connectivity index is 1.67. The highest BCUT2D eigenvalue weighted by molar-refractivity contribution is 5.35. The summed E-state index contributed by atoms with van der Waals surface area (Å²) in [4.78, 5) is 4.09. The molecule has 2 heterocycles. The molecule has 0 fully saturated rings. The van der Waals surface area contributed by atoms with E-state index in [4.69, 9.17) is 0 Å². The zero-order chi connectivity index (χ0) is 16.4. The third kappa shape index (κ3) is 3.19. The number of imidazole rings is 1. The average Bonchev–Trinajstić information content (AvgIpc) is 3.16. The Morgan fingerprint density at radius 2 is 1.91 bits per heavy atom. The number of benzene rings is 1. The topological polar surface area (TPSA) is 52.2 Å². The molecule has 3 aromatic rings. The van der Waals surface area contributed by atoms with E-state index in [1.54, 1.807) is 6.20 Å². The standard InChI is InChI=1S/C18H23N5/c1-13(20-11-18-14(2)21-22(4)15(18)3)16-5-7-17(8-6-16)23-10-9-19-12-23/h5-10,12-13,20H,11H2,1-4H3/p+1/t13-/m1/s1. The van der Waals surface area contributed by atoms with E-state index < -0.39 is 0 Å². The van der Waals surface area contributed by atoms with Gasteiger partial charge >= 0.3 is 0 Å². The van der Waals surface area contributed by atoms with Crippen molar-refractivity contribution < 1.29 is 5.32 Å². The molecule has 0 unspecified atom stereocenters. The van der Waals surface area contributed by atoms with Gasteiger partial charge in [0.15, 0.2) is 0 Å². The minimum absolute atomic E-state index is 0.408. The minimum Gasteiger partial charge on any atom is -0.336 e. The predicted octanol–water partition coefficient (Wildman–Crippen LogP) is 2.05. The van der Waals surface area contributed by atoms with Gasteiger partial charge < -0.3 is 9.88 Å². The number of quaternary nitrogens is 1. The lowest BCUT2D eigenvalue weighted by atomic mass is 10.1. The van der Waals surface area contributed by atoms with Gasteiger partial charge in [0.1, 0.15) is 12.6 Å². The highest BCUT2D eigenvalue weighted by Gasteiger charge is 2.14. The molecule has 5 heteroatoms. The van der Waals surface area contributed by atoms with E-state index in [1.807, 2.05) is 28.8 Å². The molecule has 0 amide bonds. The first-order chi connectivity index (χ1) is 11.1. The van der Waals surface area contributed by atoms with Crippen molar-refractivity contribution in [1.82, 2.24) is 19.3 Å². The largest absolute Gasteiger partial charge is 0.336 e. The third-order valence-corrected chi connectivity index (χ3v) is 4.56. The van der Waals surface area contributed by atoms with Gasteiger partial charge in [-0.05, 0) is 32.9 Å². The normalized spacial score (nSPS) is 12.5. The molecule has 2 N–H and O–H groups in total. The van der Waals surface area contributed by atoms with E-state index in [2.05, 4.69) is 60.4 Å². The smallest absolute Gasteiger partial charge is 0.109 e. The lowest BCUT2D eigenvalue weighted by Crippen LogP contribution is -2.83. The summed E-state index contributed by atoms with van der Waals surface area (Å²) in [5, 5.41) is 6.85. The maximum Gasteiger partial charge on any atom is 0.109 e. The van der Waals surface area contributed by atoms with Gasteiger partial charge in [0.05, 0.1) is 12.0 Å². The summed E-state index contributed by atoms with van der Waals surface area (Å²) < 4.78 is 3.98. The Bertz CT molecular complexity index is 769. The second kappa shape index (κ2) is 6.38. The molecule has 23 heavy (non-hydrogen) atoms. The summed E-state index contributed by atoms with van der Waals surface area (Å²) in [5.74, 6) is 0. The third-order valence-electron chi connectivity index (χ3n) is 4.56. The van der Waals surface area contributed by atoms with Crippen LogP contribution in [0.25, 0.3) is 5.69 Å². The van der Waals surface area contributed by atoms with E-state index in [9.17, 15) is 0 Å². The summed E-state index contributed by atoms with van der Waals surface area (Å²) in [7, 11) is 2.00.